The van der Waals surface area contributed by atoms with Gasteiger partial charge in [-0.1, -0.05) is 19.4 Å². The lowest BCUT2D eigenvalue weighted by Crippen LogP contribution is -2.08. The zero-order valence-electron chi connectivity index (χ0n) is 11.1. The number of rotatable bonds is 6. The Bertz CT molecular complexity index is 504. The lowest BCUT2D eigenvalue weighted by Gasteiger charge is -2.07. The first-order valence-corrected chi connectivity index (χ1v) is 6.20. The second kappa shape index (κ2) is 7.88. The predicted octanol–water partition coefficient (Wildman–Crippen LogP) is 2.42. The Labute approximate surface area is 112 Å². The van der Waals surface area contributed by atoms with Crippen LogP contribution in [0.4, 0.5) is 5.82 Å². The fraction of sp³-hybridized carbons (Fsp3) is 0.357. The highest BCUT2D eigenvalue weighted by Crippen LogP contribution is 2.14. The van der Waals surface area contributed by atoms with E-state index in [1.165, 1.54) is 6.20 Å². The van der Waals surface area contributed by atoms with E-state index in [1.807, 2.05) is 12.1 Å². The molecule has 100 valence electrons. The number of esters is 1. The van der Waals surface area contributed by atoms with Crippen molar-refractivity contribution < 1.29 is 9.53 Å². The maximum atomic E-state index is 11.4. The van der Waals surface area contributed by atoms with Crippen molar-refractivity contribution in [1.82, 2.24) is 4.98 Å². The van der Waals surface area contributed by atoms with Crippen LogP contribution in [-0.4, -0.2) is 17.6 Å². The minimum atomic E-state index is -0.634. The lowest BCUT2D eigenvalue weighted by atomic mass is 10.1. The predicted molar refractivity (Wildman–Crippen MR) is 72.2 cm³/mol. The van der Waals surface area contributed by atoms with Gasteiger partial charge in [-0.25, -0.2) is 9.78 Å². The van der Waals surface area contributed by atoms with Gasteiger partial charge in [-0.2, -0.15) is 5.26 Å². The molecule has 0 atom stereocenters. The molecule has 1 aromatic rings. The Kier molecular flexibility index (Phi) is 6.10. The van der Waals surface area contributed by atoms with Gasteiger partial charge in [0.15, 0.2) is 5.57 Å². The number of nitrogens with zero attached hydrogens (tertiary/aromatic N) is 2. The van der Waals surface area contributed by atoms with Gasteiger partial charge >= 0.3 is 5.97 Å². The number of nitriles is 1. The van der Waals surface area contributed by atoms with Crippen molar-refractivity contribution in [3.63, 3.8) is 0 Å². The van der Waals surface area contributed by atoms with Gasteiger partial charge < -0.3 is 10.1 Å². The Morgan fingerprint density at radius 1 is 1.58 bits per heavy atom. The largest absolute Gasteiger partial charge is 0.462 e. The molecule has 0 fully saturated rings. The molecule has 5 nitrogen and oxygen atoms in total. The molecule has 0 aliphatic carbocycles. The van der Waals surface area contributed by atoms with Crippen molar-refractivity contribution in [2.24, 2.45) is 0 Å². The average molecular weight is 259 g/mol. The average Bonchev–Trinajstić information content (AvgIpc) is 2.42. The molecule has 0 aromatic carbocycles. The third kappa shape index (κ3) is 4.43. The number of nitrogens with one attached hydrogen (secondary N) is 1. The summed E-state index contributed by atoms with van der Waals surface area (Å²) in [6.45, 7) is 4.01. The second-order valence-electron chi connectivity index (χ2n) is 3.80. The fourth-order valence-corrected chi connectivity index (χ4v) is 1.53. The molecule has 0 saturated carbocycles. The van der Waals surface area contributed by atoms with E-state index < -0.39 is 5.97 Å². The Morgan fingerprint density at radius 2 is 2.37 bits per heavy atom. The number of anilines is 1. The molecule has 0 bridgehead atoms. The number of hydrogen-bond donors (Lipinski definition) is 1. The standard InChI is InChI=1S/C14H17N3O2/c1-3-6-11-7-5-8-16-13(11)17-10-12(9-15)14(18)19-4-2/h5,7-8,10H,3-4,6H2,1-2H3,(H,16,17)/b12-10-. The third-order valence-electron chi connectivity index (χ3n) is 2.38. The van der Waals surface area contributed by atoms with Crippen molar-refractivity contribution in [2.45, 2.75) is 26.7 Å². The van der Waals surface area contributed by atoms with E-state index in [2.05, 4.69) is 17.2 Å². The number of hydrogen-bond acceptors (Lipinski definition) is 5. The van der Waals surface area contributed by atoms with Gasteiger partial charge in [-0.3, -0.25) is 0 Å². The second-order valence-corrected chi connectivity index (χ2v) is 3.80. The molecule has 0 radical (unpaired) electrons. The minimum absolute atomic E-state index is 0.0741. The van der Waals surface area contributed by atoms with Crippen molar-refractivity contribution in [1.29, 1.82) is 5.26 Å². The Hall–Kier alpha value is -2.35. The summed E-state index contributed by atoms with van der Waals surface area (Å²) in [4.78, 5) is 15.6. The molecule has 0 aliphatic rings. The number of carbonyl (C=O) groups is 1. The summed E-state index contributed by atoms with van der Waals surface area (Å²) in [7, 11) is 0. The highest BCUT2D eigenvalue weighted by Gasteiger charge is 2.09. The summed E-state index contributed by atoms with van der Waals surface area (Å²) in [5.74, 6) is 0.0203. The molecule has 5 heteroatoms. The van der Waals surface area contributed by atoms with Crippen LogP contribution in [0.3, 0.4) is 0 Å². The Morgan fingerprint density at radius 3 is 3.00 bits per heavy atom. The molecule has 0 amide bonds. The summed E-state index contributed by atoms with van der Waals surface area (Å²) in [5, 5.41) is 11.8. The van der Waals surface area contributed by atoms with Gasteiger partial charge in [0, 0.05) is 12.4 Å². The maximum Gasteiger partial charge on any atom is 0.350 e. The van der Waals surface area contributed by atoms with Gasteiger partial charge in [0.2, 0.25) is 0 Å². The molecule has 1 aromatic heterocycles. The highest BCUT2D eigenvalue weighted by molar-refractivity contribution is 5.93. The number of aromatic nitrogens is 1. The number of ether oxygens (including phenoxy) is 1. The van der Waals surface area contributed by atoms with E-state index in [-0.39, 0.29) is 12.2 Å². The van der Waals surface area contributed by atoms with Gasteiger partial charge in [0.1, 0.15) is 11.9 Å². The summed E-state index contributed by atoms with van der Waals surface area (Å²) in [6, 6.07) is 5.62. The fourth-order valence-electron chi connectivity index (χ4n) is 1.53. The molecule has 19 heavy (non-hydrogen) atoms. The topological polar surface area (TPSA) is 75.0 Å². The minimum Gasteiger partial charge on any atom is -0.462 e. The normalized spacial score (nSPS) is 10.7. The van der Waals surface area contributed by atoms with Crippen LogP contribution in [0.15, 0.2) is 30.1 Å². The summed E-state index contributed by atoms with van der Waals surface area (Å²) < 4.78 is 4.77. The van der Waals surface area contributed by atoms with Crippen LogP contribution in [0.1, 0.15) is 25.8 Å². The van der Waals surface area contributed by atoms with Gasteiger partial charge in [0.05, 0.1) is 6.61 Å². The molecule has 0 unspecified atom stereocenters. The molecular formula is C14H17N3O2. The van der Waals surface area contributed by atoms with Crippen molar-refractivity contribution in [3.05, 3.63) is 35.7 Å². The molecular weight excluding hydrogens is 242 g/mol. The van der Waals surface area contributed by atoms with Gasteiger partial charge in [0.25, 0.3) is 0 Å². The molecule has 0 spiro atoms. The van der Waals surface area contributed by atoms with Gasteiger partial charge in [-0.05, 0) is 25.0 Å². The smallest absolute Gasteiger partial charge is 0.350 e. The van der Waals surface area contributed by atoms with Crippen LogP contribution in [0, 0.1) is 11.3 Å². The van der Waals surface area contributed by atoms with Crippen LogP contribution in [0.5, 0.6) is 0 Å². The van der Waals surface area contributed by atoms with E-state index in [0.29, 0.717) is 5.82 Å². The van der Waals surface area contributed by atoms with E-state index in [4.69, 9.17) is 10.00 Å². The zero-order valence-corrected chi connectivity index (χ0v) is 11.1. The summed E-state index contributed by atoms with van der Waals surface area (Å²) >= 11 is 0. The summed E-state index contributed by atoms with van der Waals surface area (Å²) in [5.41, 5.74) is 0.970. The van der Waals surface area contributed by atoms with E-state index in [1.54, 1.807) is 19.2 Å². The Balaban J connectivity index is 2.84. The first-order valence-electron chi connectivity index (χ1n) is 6.20. The van der Waals surface area contributed by atoms with Crippen LogP contribution in [0.2, 0.25) is 0 Å². The van der Waals surface area contributed by atoms with Crippen molar-refractivity contribution >= 4 is 11.8 Å². The van der Waals surface area contributed by atoms with Gasteiger partial charge in [-0.15, -0.1) is 0 Å². The number of aryl methyl sites for hydroxylation is 1. The van der Waals surface area contributed by atoms with E-state index >= 15 is 0 Å². The van der Waals surface area contributed by atoms with E-state index in [0.717, 1.165) is 18.4 Å². The van der Waals surface area contributed by atoms with Crippen LogP contribution in [0.25, 0.3) is 0 Å². The zero-order chi connectivity index (χ0) is 14.1. The monoisotopic (exact) mass is 259 g/mol. The third-order valence-corrected chi connectivity index (χ3v) is 2.38. The molecule has 1 heterocycles. The first kappa shape index (κ1) is 14.7. The highest BCUT2D eigenvalue weighted by atomic mass is 16.5. The maximum absolute atomic E-state index is 11.4. The summed E-state index contributed by atoms with van der Waals surface area (Å²) in [6.07, 6.45) is 4.86. The number of carbonyl (C=O) groups excluding carboxylic acids is 1. The first-order chi connectivity index (χ1) is 9.22. The molecule has 0 aliphatic heterocycles. The molecule has 1 N–H and O–H groups in total. The van der Waals surface area contributed by atoms with Crippen LogP contribution >= 0.6 is 0 Å². The quantitative estimate of drug-likeness (QED) is 0.482. The SMILES string of the molecule is CCCc1cccnc1N/C=C(/C#N)C(=O)OCC. The van der Waals surface area contributed by atoms with Crippen LogP contribution < -0.4 is 5.32 Å². The number of pyridine rings is 1. The lowest BCUT2D eigenvalue weighted by molar-refractivity contribution is -0.138. The van der Waals surface area contributed by atoms with Crippen molar-refractivity contribution in [3.8, 4) is 6.07 Å². The van der Waals surface area contributed by atoms with Crippen LogP contribution in [-0.2, 0) is 16.0 Å². The van der Waals surface area contributed by atoms with E-state index in [9.17, 15) is 4.79 Å². The van der Waals surface area contributed by atoms with Crippen molar-refractivity contribution in [2.75, 3.05) is 11.9 Å². The molecule has 0 saturated heterocycles. The molecule has 1 rings (SSSR count).